The largest absolute Gasteiger partial charge is 0.397 e. The van der Waals surface area contributed by atoms with Gasteiger partial charge in [-0.25, -0.2) is 0 Å². The van der Waals surface area contributed by atoms with E-state index in [1.54, 1.807) is 16.4 Å². The average molecular weight is 324 g/mol. The van der Waals surface area contributed by atoms with Gasteiger partial charge in [-0.3, -0.25) is 0 Å². The molecule has 0 fully saturated rings. The van der Waals surface area contributed by atoms with E-state index in [4.69, 9.17) is 10.8 Å². The van der Waals surface area contributed by atoms with Crippen LogP contribution in [0.1, 0.15) is 11.1 Å². The summed E-state index contributed by atoms with van der Waals surface area (Å²) in [6.07, 6.45) is 1.86. The Hall–Kier alpha value is -2.54. The topological polar surface area (TPSA) is 74.0 Å². The predicted molar refractivity (Wildman–Crippen MR) is 92.7 cm³/mol. The zero-order chi connectivity index (χ0) is 16.0. The Labute approximate surface area is 138 Å². The molecule has 0 spiro atoms. The zero-order valence-electron chi connectivity index (χ0n) is 12.9. The molecule has 6 nitrogen and oxygen atoms in total. The van der Waals surface area contributed by atoms with Crippen LogP contribution in [0, 0.1) is 6.92 Å². The number of aryl methyl sites for hydroxylation is 2. The third kappa shape index (κ3) is 2.43. The molecule has 0 amide bonds. The maximum atomic E-state index is 5.87. The molecule has 2 aromatic heterocycles. The highest BCUT2D eigenvalue weighted by Crippen LogP contribution is 2.29. The minimum atomic E-state index is 0.700. The number of nitrogen functional groups attached to an aromatic ring is 1. The van der Waals surface area contributed by atoms with Crippen LogP contribution >= 0.6 is 11.8 Å². The first-order valence-electron chi connectivity index (χ1n) is 7.27. The second kappa shape index (κ2) is 5.27. The van der Waals surface area contributed by atoms with Crippen LogP contribution in [0.3, 0.4) is 0 Å². The third-order valence-electron chi connectivity index (χ3n) is 3.81. The van der Waals surface area contributed by atoms with Gasteiger partial charge in [0.05, 0.1) is 17.1 Å². The van der Waals surface area contributed by atoms with E-state index in [0.717, 1.165) is 27.9 Å². The van der Waals surface area contributed by atoms with Crippen LogP contribution < -0.4 is 5.73 Å². The van der Waals surface area contributed by atoms with Gasteiger partial charge in [0, 0.05) is 19.0 Å². The van der Waals surface area contributed by atoms with Crippen LogP contribution in [0.25, 0.3) is 11.5 Å². The number of hydrogen-bond acceptors (Lipinski definition) is 5. The number of hydrogen-bond donors (Lipinski definition) is 1. The first-order chi connectivity index (χ1) is 11.1. The molecule has 23 heavy (non-hydrogen) atoms. The Kier molecular flexibility index (Phi) is 3.23. The molecule has 3 aromatic rings. The van der Waals surface area contributed by atoms with Gasteiger partial charge in [0.1, 0.15) is 0 Å². The van der Waals surface area contributed by atoms with Crippen LogP contribution in [0.4, 0.5) is 5.69 Å². The second-order valence-corrected chi connectivity index (χ2v) is 6.53. The molecule has 0 atom stereocenters. The molecule has 0 radical (unpaired) electrons. The average Bonchev–Trinajstić information content (AvgIpc) is 3.10. The van der Waals surface area contributed by atoms with Crippen molar-refractivity contribution in [3.8, 4) is 11.5 Å². The summed E-state index contributed by atoms with van der Waals surface area (Å²) in [6, 6.07) is 10.3. The van der Waals surface area contributed by atoms with Crippen LogP contribution in [0.5, 0.6) is 0 Å². The van der Waals surface area contributed by atoms with Crippen molar-refractivity contribution in [1.29, 1.82) is 0 Å². The zero-order valence-corrected chi connectivity index (χ0v) is 13.7. The summed E-state index contributed by atoms with van der Waals surface area (Å²) in [5.74, 6) is 1.49. The summed E-state index contributed by atoms with van der Waals surface area (Å²) < 4.78 is 3.74. The number of aromatic nitrogens is 4. The minimum absolute atomic E-state index is 0.700. The first kappa shape index (κ1) is 14.1. The lowest BCUT2D eigenvalue weighted by molar-refractivity contribution is 0.756. The van der Waals surface area contributed by atoms with E-state index in [9.17, 15) is 0 Å². The lowest BCUT2D eigenvalue weighted by atomic mass is 10.1. The number of nitrogens with zero attached hydrogens (tertiary/aromatic N) is 5. The molecule has 0 aliphatic carbocycles. The van der Waals surface area contributed by atoms with Gasteiger partial charge in [-0.05, 0) is 18.6 Å². The van der Waals surface area contributed by atoms with Crippen LogP contribution in [-0.2, 0) is 7.05 Å². The highest BCUT2D eigenvalue weighted by molar-refractivity contribution is 7.99. The summed E-state index contributed by atoms with van der Waals surface area (Å²) >= 11 is 1.64. The molecular weight excluding hydrogens is 308 g/mol. The van der Waals surface area contributed by atoms with E-state index < -0.39 is 0 Å². The predicted octanol–water partition coefficient (Wildman–Crippen LogP) is 2.53. The monoisotopic (exact) mass is 324 g/mol. The highest BCUT2D eigenvalue weighted by atomic mass is 32.2. The molecule has 116 valence electrons. The molecule has 3 heterocycles. The third-order valence-corrected chi connectivity index (χ3v) is 4.74. The van der Waals surface area contributed by atoms with E-state index in [2.05, 4.69) is 41.4 Å². The fourth-order valence-corrected chi connectivity index (χ4v) is 3.43. The summed E-state index contributed by atoms with van der Waals surface area (Å²) in [5.41, 5.74) is 10.9. The van der Waals surface area contributed by atoms with Crippen molar-refractivity contribution in [2.75, 3.05) is 11.5 Å². The van der Waals surface area contributed by atoms with Crippen LogP contribution in [0.15, 0.2) is 46.8 Å². The van der Waals surface area contributed by atoms with Gasteiger partial charge >= 0.3 is 0 Å². The lowest BCUT2D eigenvalue weighted by Crippen LogP contribution is -2.14. The smallest absolute Gasteiger partial charge is 0.212 e. The van der Waals surface area contributed by atoms with Gasteiger partial charge in [0.15, 0.2) is 0 Å². The van der Waals surface area contributed by atoms with Crippen molar-refractivity contribution in [3.63, 3.8) is 0 Å². The number of benzene rings is 1. The van der Waals surface area contributed by atoms with E-state index in [1.165, 1.54) is 5.56 Å². The Morgan fingerprint density at radius 2 is 1.96 bits per heavy atom. The molecule has 2 N–H and O–H groups in total. The molecule has 1 aromatic carbocycles. The van der Waals surface area contributed by atoms with E-state index in [1.807, 2.05) is 23.9 Å². The van der Waals surface area contributed by atoms with Crippen molar-refractivity contribution < 1.29 is 0 Å². The molecule has 4 rings (SSSR count). The number of thioether (sulfide) groups is 1. The Morgan fingerprint density at radius 3 is 2.65 bits per heavy atom. The molecular formula is C16H16N6S. The SMILES string of the molecule is Cc1ccc(C2=Nn3c(nnc3-c3cc(N)cn3C)SC2)cc1. The maximum Gasteiger partial charge on any atom is 0.212 e. The molecule has 0 saturated heterocycles. The molecule has 7 heteroatoms. The fourth-order valence-electron chi connectivity index (χ4n) is 2.59. The Bertz CT molecular complexity index is 903. The summed E-state index contributed by atoms with van der Waals surface area (Å²) in [5, 5.41) is 14.1. The van der Waals surface area contributed by atoms with Crippen molar-refractivity contribution in [3.05, 3.63) is 47.7 Å². The molecule has 0 bridgehead atoms. The van der Waals surface area contributed by atoms with E-state index in [0.29, 0.717) is 11.5 Å². The summed E-state index contributed by atoms with van der Waals surface area (Å²) in [7, 11) is 1.94. The second-order valence-electron chi connectivity index (χ2n) is 5.59. The first-order valence-corrected chi connectivity index (χ1v) is 8.26. The van der Waals surface area contributed by atoms with Crippen molar-refractivity contribution in [2.24, 2.45) is 12.1 Å². The van der Waals surface area contributed by atoms with Crippen molar-refractivity contribution in [2.45, 2.75) is 12.1 Å². The number of nitrogens with two attached hydrogens (primary N) is 1. The number of fused-ring (bicyclic) bond motifs is 1. The lowest BCUT2D eigenvalue weighted by Gasteiger charge is -2.14. The van der Waals surface area contributed by atoms with Gasteiger partial charge in [-0.1, -0.05) is 41.6 Å². The van der Waals surface area contributed by atoms with Gasteiger partial charge < -0.3 is 10.3 Å². The Balaban J connectivity index is 1.81. The van der Waals surface area contributed by atoms with E-state index >= 15 is 0 Å². The summed E-state index contributed by atoms with van der Waals surface area (Å²) in [6.45, 7) is 2.08. The number of rotatable bonds is 2. The highest BCUT2D eigenvalue weighted by Gasteiger charge is 2.22. The maximum absolute atomic E-state index is 5.87. The van der Waals surface area contributed by atoms with Gasteiger partial charge in [0.2, 0.25) is 11.0 Å². The standard InChI is InChI=1S/C16H16N6S/c1-10-3-5-11(6-4-10)13-9-23-16-19-18-15(22(16)20-13)14-7-12(17)8-21(14)2/h3-8H,9,17H2,1-2H3. The van der Waals surface area contributed by atoms with Crippen LogP contribution in [-0.4, -0.2) is 30.9 Å². The molecule has 1 aliphatic rings. The summed E-state index contributed by atoms with van der Waals surface area (Å²) in [4.78, 5) is 0. The fraction of sp³-hybridized carbons (Fsp3) is 0.188. The van der Waals surface area contributed by atoms with Crippen molar-refractivity contribution >= 4 is 23.2 Å². The molecule has 0 saturated carbocycles. The van der Waals surface area contributed by atoms with Gasteiger partial charge in [0.25, 0.3) is 0 Å². The minimum Gasteiger partial charge on any atom is -0.397 e. The van der Waals surface area contributed by atoms with Gasteiger partial charge in [-0.2, -0.15) is 9.78 Å². The number of anilines is 1. The van der Waals surface area contributed by atoms with Gasteiger partial charge in [-0.15, -0.1) is 10.2 Å². The molecule has 0 unspecified atom stereocenters. The normalized spacial score (nSPS) is 13.7. The Morgan fingerprint density at radius 1 is 1.17 bits per heavy atom. The van der Waals surface area contributed by atoms with E-state index in [-0.39, 0.29) is 0 Å². The van der Waals surface area contributed by atoms with Crippen molar-refractivity contribution in [1.82, 2.24) is 19.4 Å². The molecule has 1 aliphatic heterocycles. The van der Waals surface area contributed by atoms with Crippen LogP contribution in [0.2, 0.25) is 0 Å². The quantitative estimate of drug-likeness (QED) is 0.786.